The molecular weight excluding hydrogens is 399 g/mol. The summed E-state index contributed by atoms with van der Waals surface area (Å²) in [5.41, 5.74) is -5.23. The van der Waals surface area contributed by atoms with Gasteiger partial charge in [0.25, 0.3) is 0 Å². The molecule has 0 saturated heterocycles. The molecule has 0 aliphatic carbocycles. The van der Waals surface area contributed by atoms with Gasteiger partial charge in [0, 0.05) is 6.92 Å². The van der Waals surface area contributed by atoms with Gasteiger partial charge in [-0.2, -0.15) is 30.7 Å². The molecule has 27 heavy (non-hydrogen) atoms. The maximum absolute atomic E-state index is 13.6. The standard InChI is InChI=1S/C14H13F9N2O2/c1-11(17,9(15)16)27-8-6-4-3-5-7(8)24-10(26)25-12(2,13(18,19)20)14(21,22)23/h3-6,9H,1-2H3,(H2,24,25,26). The minimum Gasteiger partial charge on any atom is -0.450 e. The molecule has 0 aromatic heterocycles. The molecule has 0 bridgehead atoms. The minimum atomic E-state index is -5.90. The van der Waals surface area contributed by atoms with Crippen LogP contribution in [0.15, 0.2) is 24.3 Å². The highest BCUT2D eigenvalue weighted by molar-refractivity contribution is 5.91. The van der Waals surface area contributed by atoms with Gasteiger partial charge in [-0.3, -0.25) is 0 Å². The second-order valence-corrected chi connectivity index (χ2v) is 5.58. The topological polar surface area (TPSA) is 50.4 Å². The van der Waals surface area contributed by atoms with Crippen LogP contribution in [0, 0.1) is 0 Å². The molecule has 0 radical (unpaired) electrons. The fourth-order valence-corrected chi connectivity index (χ4v) is 1.60. The molecule has 1 aromatic rings. The molecule has 13 heteroatoms. The molecule has 0 aliphatic rings. The van der Waals surface area contributed by atoms with Crippen LogP contribution in [0.3, 0.4) is 0 Å². The summed E-state index contributed by atoms with van der Waals surface area (Å²) < 4.78 is 120. The minimum absolute atomic E-state index is 0.301. The Morgan fingerprint density at radius 1 is 0.963 bits per heavy atom. The van der Waals surface area contributed by atoms with Gasteiger partial charge in [-0.1, -0.05) is 12.1 Å². The first kappa shape index (κ1) is 22.7. The summed E-state index contributed by atoms with van der Waals surface area (Å²) in [5.74, 6) is -4.26. The van der Waals surface area contributed by atoms with Crippen LogP contribution in [0.1, 0.15) is 13.8 Å². The molecule has 0 aliphatic heterocycles. The average Bonchev–Trinajstić information content (AvgIpc) is 2.46. The van der Waals surface area contributed by atoms with Gasteiger partial charge in [-0.25, -0.2) is 13.6 Å². The monoisotopic (exact) mass is 412 g/mol. The molecule has 0 heterocycles. The van der Waals surface area contributed by atoms with Crippen LogP contribution in [0.4, 0.5) is 50.0 Å². The summed E-state index contributed by atoms with van der Waals surface area (Å²) in [6.07, 6.45) is -15.4. The number of urea groups is 1. The van der Waals surface area contributed by atoms with Crippen LogP contribution in [0.5, 0.6) is 5.75 Å². The van der Waals surface area contributed by atoms with E-state index in [0.717, 1.165) is 29.6 Å². The van der Waals surface area contributed by atoms with Crippen LogP contribution in [0.2, 0.25) is 0 Å². The molecule has 1 unspecified atom stereocenters. The number of alkyl halides is 9. The van der Waals surface area contributed by atoms with Gasteiger partial charge in [0.1, 0.15) is 5.75 Å². The predicted molar refractivity (Wildman–Crippen MR) is 75.3 cm³/mol. The number of amides is 2. The summed E-state index contributed by atoms with van der Waals surface area (Å²) in [4.78, 5) is 11.7. The normalized spacial score (nSPS) is 15.3. The Bertz CT molecular complexity index is 657. The lowest BCUT2D eigenvalue weighted by molar-refractivity contribution is -0.297. The van der Waals surface area contributed by atoms with E-state index in [1.807, 2.05) is 0 Å². The van der Waals surface area contributed by atoms with Crippen molar-refractivity contribution in [1.82, 2.24) is 5.32 Å². The average molecular weight is 412 g/mol. The second-order valence-electron chi connectivity index (χ2n) is 5.58. The number of para-hydroxylation sites is 2. The van der Waals surface area contributed by atoms with Crippen LogP contribution in [0.25, 0.3) is 0 Å². The maximum Gasteiger partial charge on any atom is 0.420 e. The number of benzene rings is 1. The molecule has 1 aromatic carbocycles. The summed E-state index contributed by atoms with van der Waals surface area (Å²) in [6, 6.07) is 2.10. The number of hydrogen-bond acceptors (Lipinski definition) is 2. The molecule has 4 nitrogen and oxygen atoms in total. The largest absolute Gasteiger partial charge is 0.450 e. The van der Waals surface area contributed by atoms with E-state index in [2.05, 4.69) is 4.74 Å². The number of carbonyl (C=O) groups is 1. The number of ether oxygens (including phenoxy) is 1. The van der Waals surface area contributed by atoms with Gasteiger partial charge in [0.15, 0.2) is 0 Å². The molecule has 1 rings (SSSR count). The Morgan fingerprint density at radius 2 is 1.44 bits per heavy atom. The highest BCUT2D eigenvalue weighted by Crippen LogP contribution is 2.42. The van der Waals surface area contributed by atoms with Crippen molar-refractivity contribution in [2.24, 2.45) is 0 Å². The lowest BCUT2D eigenvalue weighted by Crippen LogP contribution is -2.66. The first-order chi connectivity index (χ1) is 12.0. The summed E-state index contributed by atoms with van der Waals surface area (Å²) >= 11 is 0. The maximum atomic E-state index is 13.6. The van der Waals surface area contributed by atoms with Crippen LogP contribution < -0.4 is 15.4 Å². The van der Waals surface area contributed by atoms with Crippen molar-refractivity contribution < 1.29 is 49.0 Å². The van der Waals surface area contributed by atoms with E-state index in [1.165, 1.54) is 0 Å². The van der Waals surface area contributed by atoms with Gasteiger partial charge >= 0.3 is 30.7 Å². The zero-order valence-corrected chi connectivity index (χ0v) is 13.6. The predicted octanol–water partition coefficient (Wildman–Crippen LogP) is 5.02. The molecule has 0 saturated carbocycles. The summed E-state index contributed by atoms with van der Waals surface area (Å²) in [6.45, 7) is 0.0449. The van der Waals surface area contributed by atoms with Crippen LogP contribution in [-0.4, -0.2) is 36.2 Å². The quantitative estimate of drug-likeness (QED) is 0.668. The Kier molecular flexibility index (Phi) is 6.18. The van der Waals surface area contributed by atoms with Crippen molar-refractivity contribution in [2.45, 2.75) is 44.0 Å². The van der Waals surface area contributed by atoms with E-state index < -0.39 is 47.6 Å². The molecule has 154 valence electrons. The number of rotatable bonds is 5. The highest BCUT2D eigenvalue weighted by Gasteiger charge is 2.68. The third kappa shape index (κ3) is 5.10. The lowest BCUT2D eigenvalue weighted by atomic mass is 10.0. The van der Waals surface area contributed by atoms with E-state index in [0.29, 0.717) is 6.92 Å². The van der Waals surface area contributed by atoms with Gasteiger partial charge in [-0.15, -0.1) is 0 Å². The highest BCUT2D eigenvalue weighted by atomic mass is 19.4. The zero-order valence-electron chi connectivity index (χ0n) is 13.6. The van der Waals surface area contributed by atoms with Crippen molar-refractivity contribution in [3.63, 3.8) is 0 Å². The molecule has 1 atom stereocenters. The van der Waals surface area contributed by atoms with Gasteiger partial charge in [0.2, 0.25) is 5.54 Å². The Labute approximate surface area is 146 Å². The first-order valence-electron chi connectivity index (χ1n) is 6.99. The molecule has 2 N–H and O–H groups in total. The fraction of sp³-hybridized carbons (Fsp3) is 0.500. The third-order valence-electron chi connectivity index (χ3n) is 3.33. The Hall–Kier alpha value is -2.34. The van der Waals surface area contributed by atoms with Gasteiger partial charge < -0.3 is 15.4 Å². The Balaban J connectivity index is 3.08. The van der Waals surface area contributed by atoms with Crippen molar-refractivity contribution in [3.8, 4) is 5.75 Å². The van der Waals surface area contributed by atoms with Crippen LogP contribution >= 0.6 is 0 Å². The van der Waals surface area contributed by atoms with E-state index in [-0.39, 0.29) is 6.92 Å². The van der Waals surface area contributed by atoms with Gasteiger partial charge in [-0.05, 0) is 19.1 Å². The molecule has 0 spiro atoms. The van der Waals surface area contributed by atoms with E-state index in [9.17, 15) is 44.3 Å². The van der Waals surface area contributed by atoms with Crippen LogP contribution in [-0.2, 0) is 0 Å². The first-order valence-corrected chi connectivity index (χ1v) is 6.99. The second kappa shape index (κ2) is 7.35. The smallest absolute Gasteiger partial charge is 0.420 e. The number of nitrogens with one attached hydrogen (secondary N) is 2. The van der Waals surface area contributed by atoms with Crippen molar-refractivity contribution >= 4 is 11.7 Å². The number of halogens is 9. The molecular formula is C14H13F9N2O2. The van der Waals surface area contributed by atoms with Gasteiger partial charge in [0.05, 0.1) is 5.69 Å². The van der Waals surface area contributed by atoms with Crippen molar-refractivity contribution in [3.05, 3.63) is 24.3 Å². The number of hydrogen-bond donors (Lipinski definition) is 2. The fourth-order valence-electron chi connectivity index (χ4n) is 1.60. The SMILES string of the molecule is CC(F)(Oc1ccccc1NC(=O)NC(C)(C(F)(F)F)C(F)(F)F)C(F)F. The molecule has 2 amide bonds. The number of carbonyl (C=O) groups excluding carboxylic acids is 1. The Morgan fingerprint density at radius 3 is 1.89 bits per heavy atom. The van der Waals surface area contributed by atoms with Crippen molar-refractivity contribution in [2.75, 3.05) is 5.32 Å². The zero-order chi connectivity index (χ0) is 21.3. The van der Waals surface area contributed by atoms with E-state index >= 15 is 0 Å². The molecule has 0 fully saturated rings. The van der Waals surface area contributed by atoms with E-state index in [4.69, 9.17) is 0 Å². The summed E-state index contributed by atoms with van der Waals surface area (Å²) in [7, 11) is 0. The number of anilines is 1. The van der Waals surface area contributed by atoms with E-state index in [1.54, 1.807) is 5.32 Å². The third-order valence-corrected chi connectivity index (χ3v) is 3.33. The van der Waals surface area contributed by atoms with Crippen molar-refractivity contribution in [1.29, 1.82) is 0 Å². The summed E-state index contributed by atoms with van der Waals surface area (Å²) in [5, 5.41) is 2.32. The lowest BCUT2D eigenvalue weighted by Gasteiger charge is -2.34.